The van der Waals surface area contributed by atoms with Gasteiger partial charge in [0.15, 0.2) is 5.09 Å². The fraction of sp³-hybridized carbons (Fsp3) is 0. The standard InChI is InChI=1S/C14H8OS3/c1-2-6-10-9(5-1)15-13(16-10)14-17-11-7-3-4-8-12(11)18-14/h1-8H. The molecule has 0 fully saturated rings. The van der Waals surface area contributed by atoms with E-state index in [9.17, 15) is 0 Å². The predicted octanol–water partition coefficient (Wildman–Crippen LogP) is 5.20. The van der Waals surface area contributed by atoms with E-state index in [2.05, 4.69) is 30.3 Å². The Hall–Kier alpha value is -0.970. The first kappa shape index (κ1) is 10.9. The number of hydrogen-bond donors (Lipinski definition) is 0. The molecule has 0 amide bonds. The van der Waals surface area contributed by atoms with Crippen LogP contribution in [0.1, 0.15) is 0 Å². The van der Waals surface area contributed by atoms with E-state index >= 15 is 0 Å². The van der Waals surface area contributed by atoms with Crippen LogP contribution in [0.5, 0.6) is 5.75 Å². The van der Waals surface area contributed by atoms with Crippen LogP contribution >= 0.6 is 35.3 Å². The summed E-state index contributed by atoms with van der Waals surface area (Å²) in [4.78, 5) is 3.85. The van der Waals surface area contributed by atoms with Crippen LogP contribution in [0.2, 0.25) is 0 Å². The van der Waals surface area contributed by atoms with Crippen molar-refractivity contribution >= 4 is 35.3 Å². The molecule has 0 atom stereocenters. The highest BCUT2D eigenvalue weighted by atomic mass is 32.2. The fourth-order valence-electron chi connectivity index (χ4n) is 1.85. The maximum Gasteiger partial charge on any atom is 0.186 e. The molecule has 2 aromatic carbocycles. The van der Waals surface area contributed by atoms with E-state index in [1.807, 2.05) is 18.2 Å². The van der Waals surface area contributed by atoms with Crippen LogP contribution in [0.25, 0.3) is 0 Å². The summed E-state index contributed by atoms with van der Waals surface area (Å²) in [6.45, 7) is 0. The van der Waals surface area contributed by atoms with Crippen molar-refractivity contribution in [3.05, 3.63) is 57.9 Å². The Morgan fingerprint density at radius 2 is 1.28 bits per heavy atom. The normalized spacial score (nSPS) is 16.4. The molecule has 0 saturated carbocycles. The zero-order valence-electron chi connectivity index (χ0n) is 9.25. The van der Waals surface area contributed by atoms with Crippen molar-refractivity contribution in [2.24, 2.45) is 0 Å². The zero-order chi connectivity index (χ0) is 11.9. The molecule has 2 aliphatic rings. The van der Waals surface area contributed by atoms with Crippen molar-refractivity contribution in [2.45, 2.75) is 14.7 Å². The van der Waals surface area contributed by atoms with Gasteiger partial charge in [-0.1, -0.05) is 47.8 Å². The highest BCUT2D eigenvalue weighted by Crippen LogP contribution is 2.56. The lowest BCUT2D eigenvalue weighted by atomic mass is 10.3. The molecule has 0 unspecified atom stereocenters. The molecule has 18 heavy (non-hydrogen) atoms. The van der Waals surface area contributed by atoms with Gasteiger partial charge in [-0.05, 0) is 36.0 Å². The van der Waals surface area contributed by atoms with Gasteiger partial charge in [-0.25, -0.2) is 0 Å². The van der Waals surface area contributed by atoms with Crippen LogP contribution < -0.4 is 4.74 Å². The highest BCUT2D eigenvalue weighted by molar-refractivity contribution is 8.25. The van der Waals surface area contributed by atoms with Crippen LogP contribution in [-0.4, -0.2) is 0 Å². The minimum absolute atomic E-state index is 0.974. The summed E-state index contributed by atoms with van der Waals surface area (Å²) in [7, 11) is 0. The number of thioether (sulfide) groups is 3. The number of para-hydroxylation sites is 1. The topological polar surface area (TPSA) is 9.23 Å². The first-order chi connectivity index (χ1) is 8.90. The molecule has 0 aliphatic carbocycles. The van der Waals surface area contributed by atoms with Gasteiger partial charge in [0.1, 0.15) is 5.75 Å². The summed E-state index contributed by atoms with van der Waals surface area (Å²) >= 11 is 5.32. The largest absolute Gasteiger partial charge is 0.447 e. The van der Waals surface area contributed by atoms with Gasteiger partial charge in [0.2, 0.25) is 0 Å². The van der Waals surface area contributed by atoms with E-state index in [0.29, 0.717) is 0 Å². The first-order valence-electron chi connectivity index (χ1n) is 5.54. The first-order valence-corrected chi connectivity index (χ1v) is 7.99. The SMILES string of the molecule is c1ccc2c(c1)OC(=C1Sc3ccccc3S1)S2. The molecular formula is C14H8OS3. The Morgan fingerprint density at radius 1 is 0.667 bits per heavy atom. The Balaban J connectivity index is 1.70. The molecule has 0 N–H and O–H groups in total. The molecule has 0 radical (unpaired) electrons. The van der Waals surface area contributed by atoms with E-state index in [-0.39, 0.29) is 0 Å². The predicted molar refractivity (Wildman–Crippen MR) is 78.1 cm³/mol. The smallest absolute Gasteiger partial charge is 0.186 e. The second kappa shape index (κ2) is 4.30. The molecule has 2 aliphatic heterocycles. The van der Waals surface area contributed by atoms with E-state index in [1.54, 1.807) is 35.3 Å². The Morgan fingerprint density at radius 3 is 1.94 bits per heavy atom. The van der Waals surface area contributed by atoms with E-state index in [0.717, 1.165) is 10.8 Å². The number of benzene rings is 2. The maximum atomic E-state index is 5.92. The van der Waals surface area contributed by atoms with Crippen molar-refractivity contribution in [1.29, 1.82) is 0 Å². The van der Waals surface area contributed by atoms with E-state index in [4.69, 9.17) is 4.74 Å². The quantitative estimate of drug-likeness (QED) is 0.659. The van der Waals surface area contributed by atoms with Crippen molar-refractivity contribution in [3.63, 3.8) is 0 Å². The van der Waals surface area contributed by atoms with Gasteiger partial charge in [-0.3, -0.25) is 0 Å². The third-order valence-corrected chi connectivity index (χ3v) is 6.49. The lowest BCUT2D eigenvalue weighted by Gasteiger charge is -2.00. The average molecular weight is 288 g/mol. The summed E-state index contributed by atoms with van der Waals surface area (Å²) in [5.41, 5.74) is 0. The third-order valence-electron chi connectivity index (χ3n) is 2.68. The molecule has 2 heterocycles. The molecule has 4 rings (SSSR count). The summed E-state index contributed by atoms with van der Waals surface area (Å²) in [5.74, 6) is 0.974. The van der Waals surface area contributed by atoms with Gasteiger partial charge >= 0.3 is 0 Å². The van der Waals surface area contributed by atoms with Gasteiger partial charge < -0.3 is 4.74 Å². The molecule has 4 heteroatoms. The molecular weight excluding hydrogens is 280 g/mol. The van der Waals surface area contributed by atoms with Crippen LogP contribution in [0.15, 0.2) is 72.5 Å². The Kier molecular flexibility index (Phi) is 2.60. The van der Waals surface area contributed by atoms with Crippen LogP contribution in [0.4, 0.5) is 0 Å². The Bertz CT molecular complexity index is 552. The summed E-state index contributed by atoms with van der Waals surface area (Å²) in [6, 6.07) is 16.7. The number of hydrogen-bond acceptors (Lipinski definition) is 4. The Labute approximate surface area is 118 Å². The third kappa shape index (κ3) is 1.76. The van der Waals surface area contributed by atoms with Gasteiger partial charge in [-0.2, -0.15) is 0 Å². The van der Waals surface area contributed by atoms with Gasteiger partial charge in [0.05, 0.1) is 9.13 Å². The lowest BCUT2D eigenvalue weighted by Crippen LogP contribution is -1.84. The number of ether oxygens (including phenoxy) is 1. The minimum atomic E-state index is 0.974. The van der Waals surface area contributed by atoms with Crippen molar-refractivity contribution in [3.8, 4) is 5.75 Å². The summed E-state index contributed by atoms with van der Waals surface area (Å²) in [5, 5.41) is 1.02. The van der Waals surface area contributed by atoms with Gasteiger partial charge in [0.25, 0.3) is 0 Å². The van der Waals surface area contributed by atoms with E-state index < -0.39 is 0 Å². The molecule has 0 saturated heterocycles. The van der Waals surface area contributed by atoms with Crippen molar-refractivity contribution < 1.29 is 4.74 Å². The van der Waals surface area contributed by atoms with Gasteiger partial charge in [-0.15, -0.1) is 0 Å². The fourth-order valence-corrected chi connectivity index (χ4v) is 5.35. The molecule has 2 aromatic rings. The lowest BCUT2D eigenvalue weighted by molar-refractivity contribution is 0.468. The summed E-state index contributed by atoms with van der Waals surface area (Å²) in [6.07, 6.45) is 0. The summed E-state index contributed by atoms with van der Waals surface area (Å²) < 4.78 is 7.17. The molecule has 0 bridgehead atoms. The van der Waals surface area contributed by atoms with Crippen molar-refractivity contribution in [2.75, 3.05) is 0 Å². The number of rotatable bonds is 0. The van der Waals surface area contributed by atoms with Crippen LogP contribution in [0, 0.1) is 0 Å². The second-order valence-electron chi connectivity index (χ2n) is 3.88. The molecule has 0 spiro atoms. The zero-order valence-corrected chi connectivity index (χ0v) is 11.7. The molecule has 0 aromatic heterocycles. The van der Waals surface area contributed by atoms with Crippen molar-refractivity contribution in [1.82, 2.24) is 0 Å². The minimum Gasteiger partial charge on any atom is -0.447 e. The average Bonchev–Trinajstić information content (AvgIpc) is 3.02. The van der Waals surface area contributed by atoms with E-state index in [1.165, 1.54) is 18.9 Å². The highest BCUT2D eigenvalue weighted by Gasteiger charge is 2.27. The molecule has 88 valence electrons. The molecule has 1 nitrogen and oxygen atoms in total. The number of fused-ring (bicyclic) bond motifs is 2. The van der Waals surface area contributed by atoms with Crippen LogP contribution in [0.3, 0.4) is 0 Å². The maximum absolute atomic E-state index is 5.92. The monoisotopic (exact) mass is 288 g/mol. The van der Waals surface area contributed by atoms with Gasteiger partial charge in [0, 0.05) is 9.79 Å². The van der Waals surface area contributed by atoms with Crippen LogP contribution in [-0.2, 0) is 0 Å². The second-order valence-corrected chi connectivity index (χ2v) is 7.25.